The van der Waals surface area contributed by atoms with Gasteiger partial charge in [0.15, 0.2) is 5.82 Å². The quantitative estimate of drug-likeness (QED) is 0.222. The number of imidazole rings is 1. The number of pyridine rings is 1. The minimum Gasteiger partial charge on any atom is -0.496 e. The molecule has 0 bridgehead atoms. The lowest BCUT2D eigenvalue weighted by atomic mass is 10.0. The Bertz CT molecular complexity index is 1700. The van der Waals surface area contributed by atoms with Crippen molar-refractivity contribution < 1.29 is 14.3 Å². The Balaban J connectivity index is 1.52. The molecule has 0 aliphatic carbocycles. The minimum atomic E-state index is -0.314. The van der Waals surface area contributed by atoms with Crippen LogP contribution in [-0.4, -0.2) is 82.3 Å². The third kappa shape index (κ3) is 6.99. The Labute approximate surface area is 264 Å². The van der Waals surface area contributed by atoms with Crippen LogP contribution in [0, 0.1) is 0 Å². The predicted octanol–water partition coefficient (Wildman–Crippen LogP) is 5.22. The van der Waals surface area contributed by atoms with Crippen LogP contribution in [0.25, 0.3) is 16.8 Å². The van der Waals surface area contributed by atoms with E-state index in [0.717, 1.165) is 54.6 Å². The molecule has 11 nitrogen and oxygen atoms in total. The Morgan fingerprint density at radius 2 is 1.98 bits per heavy atom. The largest absolute Gasteiger partial charge is 0.496 e. The highest BCUT2D eigenvalue weighted by molar-refractivity contribution is 6.06. The van der Waals surface area contributed by atoms with Crippen molar-refractivity contribution in [2.24, 2.45) is 0 Å². The third-order valence-corrected chi connectivity index (χ3v) is 7.96. The number of benzene rings is 1. The van der Waals surface area contributed by atoms with Gasteiger partial charge in [-0.2, -0.15) is 0 Å². The van der Waals surface area contributed by atoms with Crippen LogP contribution in [-0.2, 0) is 11.2 Å². The zero-order chi connectivity index (χ0) is 31.9. The maximum atomic E-state index is 13.4. The van der Waals surface area contributed by atoms with E-state index in [1.54, 1.807) is 31.6 Å². The van der Waals surface area contributed by atoms with E-state index in [1.807, 2.05) is 71.9 Å². The van der Waals surface area contributed by atoms with E-state index in [1.165, 1.54) is 0 Å². The summed E-state index contributed by atoms with van der Waals surface area (Å²) in [5.41, 5.74) is 3.73. The second kappa shape index (κ2) is 14.3. The van der Waals surface area contributed by atoms with E-state index < -0.39 is 0 Å². The molecule has 0 saturated carbocycles. The van der Waals surface area contributed by atoms with E-state index in [0.29, 0.717) is 41.7 Å². The van der Waals surface area contributed by atoms with Crippen molar-refractivity contribution in [3.63, 3.8) is 0 Å². The number of carbonyl (C=O) groups is 2. The fourth-order valence-corrected chi connectivity index (χ4v) is 5.80. The summed E-state index contributed by atoms with van der Waals surface area (Å²) in [6.45, 7) is 3.47. The number of methoxy groups -OCH3 is 1. The van der Waals surface area contributed by atoms with Gasteiger partial charge in [-0.3, -0.25) is 14.0 Å². The minimum absolute atomic E-state index is 0.0190. The number of ether oxygens (including phenoxy) is 1. The van der Waals surface area contributed by atoms with Crippen LogP contribution in [0.15, 0.2) is 61.1 Å². The molecule has 1 atom stereocenters. The van der Waals surface area contributed by atoms with Crippen molar-refractivity contribution in [3.05, 3.63) is 78.0 Å². The van der Waals surface area contributed by atoms with E-state index in [-0.39, 0.29) is 17.9 Å². The van der Waals surface area contributed by atoms with Crippen LogP contribution in [0.2, 0.25) is 0 Å². The fourth-order valence-electron chi connectivity index (χ4n) is 5.80. The van der Waals surface area contributed by atoms with Gasteiger partial charge in [0.05, 0.1) is 18.7 Å². The van der Waals surface area contributed by atoms with Gasteiger partial charge in [0, 0.05) is 50.4 Å². The molecular formula is C34H42N8O3. The molecule has 0 spiro atoms. The number of fused-ring (bicyclic) bond motifs is 1. The van der Waals surface area contributed by atoms with Gasteiger partial charge in [-0.25, -0.2) is 15.0 Å². The Hall–Kier alpha value is -4.77. The standard InChI is InChI=1S/C34H42N8O3/c1-6-10-23-15-16-36-28(21-23)38-34(44)25-14-13-24(22-27(25)45-5)30-31-32(35-2)37-17-20-42(31)33(39-30)26-11-7-8-19-41(26)29(43)12-9-18-40(3)4/h9,12-17,20-22,26H,6-8,10-11,18-19H2,1-5H3,(H,35,37)(H,36,38,44)/b12-9+. The Morgan fingerprint density at radius 3 is 2.73 bits per heavy atom. The molecule has 0 radical (unpaired) electrons. The second-order valence-corrected chi connectivity index (χ2v) is 11.4. The molecule has 1 unspecified atom stereocenters. The average molecular weight is 611 g/mol. The van der Waals surface area contributed by atoms with Crippen LogP contribution in [0.1, 0.15) is 60.4 Å². The van der Waals surface area contributed by atoms with Gasteiger partial charge >= 0.3 is 0 Å². The molecule has 1 saturated heterocycles. The van der Waals surface area contributed by atoms with Gasteiger partial charge in [0.25, 0.3) is 5.91 Å². The first kappa shape index (κ1) is 31.6. The topological polar surface area (TPSA) is 117 Å². The SMILES string of the molecule is CCCc1ccnc(NC(=O)c2ccc(-c3nc(C4CCCCN4C(=O)/C=C/CN(C)C)n4ccnc(NC)c34)cc2OC)c1. The summed E-state index contributed by atoms with van der Waals surface area (Å²) >= 11 is 0. The molecule has 45 heavy (non-hydrogen) atoms. The average Bonchev–Trinajstić information content (AvgIpc) is 3.44. The zero-order valence-corrected chi connectivity index (χ0v) is 26.7. The van der Waals surface area contributed by atoms with Crippen molar-refractivity contribution in [1.82, 2.24) is 29.2 Å². The number of nitrogens with zero attached hydrogens (tertiary/aromatic N) is 6. The smallest absolute Gasteiger partial charge is 0.260 e. The molecule has 236 valence electrons. The number of piperidine rings is 1. The Morgan fingerprint density at radius 1 is 1.13 bits per heavy atom. The predicted molar refractivity (Wildman–Crippen MR) is 177 cm³/mol. The van der Waals surface area contributed by atoms with Crippen LogP contribution in [0.5, 0.6) is 5.75 Å². The van der Waals surface area contributed by atoms with E-state index in [9.17, 15) is 9.59 Å². The van der Waals surface area contributed by atoms with Crippen LogP contribution in [0.3, 0.4) is 0 Å². The van der Waals surface area contributed by atoms with Crippen molar-refractivity contribution in [2.45, 2.75) is 45.1 Å². The molecule has 2 N–H and O–H groups in total. The molecule has 11 heteroatoms. The van der Waals surface area contributed by atoms with Crippen LogP contribution in [0.4, 0.5) is 11.6 Å². The summed E-state index contributed by atoms with van der Waals surface area (Å²) in [6, 6.07) is 9.08. The maximum absolute atomic E-state index is 13.4. The Kier molecular flexibility index (Phi) is 10.1. The van der Waals surface area contributed by atoms with Crippen LogP contribution >= 0.6 is 0 Å². The number of hydrogen-bond acceptors (Lipinski definition) is 8. The molecule has 4 heterocycles. The first-order chi connectivity index (χ1) is 21.8. The zero-order valence-electron chi connectivity index (χ0n) is 26.7. The molecule has 1 fully saturated rings. The molecular weight excluding hydrogens is 568 g/mol. The number of nitrogens with one attached hydrogen (secondary N) is 2. The van der Waals surface area contributed by atoms with Crippen molar-refractivity contribution in [1.29, 1.82) is 0 Å². The molecule has 1 aliphatic heterocycles. The van der Waals surface area contributed by atoms with E-state index >= 15 is 0 Å². The summed E-state index contributed by atoms with van der Waals surface area (Å²) in [5.74, 6) is 2.00. The van der Waals surface area contributed by atoms with Gasteiger partial charge in [-0.05, 0) is 69.6 Å². The number of likely N-dealkylation sites (tertiary alicyclic amines) is 1. The number of carbonyl (C=O) groups excluding carboxylic acids is 2. The van der Waals surface area contributed by atoms with Gasteiger partial charge < -0.3 is 25.2 Å². The van der Waals surface area contributed by atoms with Gasteiger partial charge in [-0.15, -0.1) is 0 Å². The van der Waals surface area contributed by atoms with Gasteiger partial charge in [0.2, 0.25) is 5.91 Å². The van der Waals surface area contributed by atoms with Crippen LogP contribution < -0.4 is 15.4 Å². The number of aromatic nitrogens is 4. The molecule has 3 aromatic heterocycles. The number of rotatable bonds is 11. The number of likely N-dealkylation sites (N-methyl/N-ethyl adjacent to an activating group) is 1. The molecule has 5 rings (SSSR count). The van der Waals surface area contributed by atoms with Crippen molar-refractivity contribution in [2.75, 3.05) is 52.0 Å². The molecule has 4 aromatic rings. The molecule has 1 aliphatic rings. The lowest BCUT2D eigenvalue weighted by Gasteiger charge is -2.34. The first-order valence-electron chi connectivity index (χ1n) is 15.5. The van der Waals surface area contributed by atoms with Crippen molar-refractivity contribution >= 4 is 29.0 Å². The summed E-state index contributed by atoms with van der Waals surface area (Å²) in [5, 5.41) is 6.10. The van der Waals surface area contributed by atoms with E-state index in [2.05, 4.69) is 27.5 Å². The second-order valence-electron chi connectivity index (χ2n) is 11.4. The maximum Gasteiger partial charge on any atom is 0.260 e. The van der Waals surface area contributed by atoms with Gasteiger partial charge in [-0.1, -0.05) is 25.5 Å². The highest BCUT2D eigenvalue weighted by atomic mass is 16.5. The van der Waals surface area contributed by atoms with Crippen molar-refractivity contribution in [3.8, 4) is 17.0 Å². The lowest BCUT2D eigenvalue weighted by Crippen LogP contribution is -2.38. The third-order valence-electron chi connectivity index (χ3n) is 7.96. The summed E-state index contributed by atoms with van der Waals surface area (Å²) < 4.78 is 7.74. The summed E-state index contributed by atoms with van der Waals surface area (Å²) in [7, 11) is 7.31. The molecule has 1 aromatic carbocycles. The number of hydrogen-bond donors (Lipinski definition) is 2. The summed E-state index contributed by atoms with van der Waals surface area (Å²) in [4.78, 5) is 44.7. The first-order valence-corrected chi connectivity index (χ1v) is 15.5. The van der Waals surface area contributed by atoms with Gasteiger partial charge in [0.1, 0.15) is 28.6 Å². The number of amides is 2. The highest BCUT2D eigenvalue weighted by Gasteiger charge is 2.32. The number of aryl methyl sites for hydroxylation is 1. The lowest BCUT2D eigenvalue weighted by molar-refractivity contribution is -0.130. The summed E-state index contributed by atoms with van der Waals surface area (Å²) in [6.07, 6.45) is 13.6. The fraction of sp³-hybridized carbons (Fsp3) is 0.382. The highest BCUT2D eigenvalue weighted by Crippen LogP contribution is 2.38. The number of anilines is 2. The van der Waals surface area contributed by atoms with E-state index in [4.69, 9.17) is 9.72 Å². The monoisotopic (exact) mass is 610 g/mol. The molecule has 2 amide bonds. The normalized spacial score (nSPS) is 15.2.